The number of rotatable bonds is 1. The highest BCUT2D eigenvalue weighted by Crippen LogP contribution is 2.31. The van der Waals surface area contributed by atoms with Crippen LogP contribution < -0.4 is 0 Å². The molecule has 0 fully saturated rings. The molecule has 2 aromatic heterocycles. The van der Waals surface area contributed by atoms with E-state index in [1.807, 2.05) is 0 Å². The summed E-state index contributed by atoms with van der Waals surface area (Å²) < 4.78 is 36.7. The van der Waals surface area contributed by atoms with Gasteiger partial charge in [0.15, 0.2) is 11.8 Å². The summed E-state index contributed by atoms with van der Waals surface area (Å²) in [7, 11) is 0. The van der Waals surface area contributed by atoms with Crippen molar-refractivity contribution in [2.45, 2.75) is 12.3 Å². The number of alkyl halides is 3. The minimum Gasteiger partial charge on any atom is -0.378 e. The Labute approximate surface area is 88.6 Å². The fourth-order valence-electron chi connectivity index (χ4n) is 1.29. The lowest BCUT2D eigenvalue weighted by Crippen LogP contribution is -2.21. The van der Waals surface area contributed by atoms with Gasteiger partial charge in [-0.05, 0) is 24.3 Å². The zero-order valence-corrected chi connectivity index (χ0v) is 7.94. The highest BCUT2D eigenvalue weighted by Gasteiger charge is 2.40. The van der Waals surface area contributed by atoms with Gasteiger partial charge in [0, 0.05) is 11.6 Å². The average molecular weight is 228 g/mol. The van der Waals surface area contributed by atoms with E-state index in [-0.39, 0.29) is 5.65 Å². The first-order valence-electron chi connectivity index (χ1n) is 4.45. The first kappa shape index (κ1) is 10.8. The van der Waals surface area contributed by atoms with Gasteiger partial charge in [0.2, 0.25) is 0 Å². The Kier molecular flexibility index (Phi) is 2.51. The quantitative estimate of drug-likeness (QED) is 0.814. The molecule has 0 aliphatic rings. The molecule has 1 N–H and O–H groups in total. The van der Waals surface area contributed by atoms with Crippen LogP contribution in [0.2, 0.25) is 0 Å². The highest BCUT2D eigenvalue weighted by atomic mass is 19.4. The summed E-state index contributed by atoms with van der Waals surface area (Å²) in [6.07, 6.45) is -5.85. The number of hydrogen-bond acceptors (Lipinski definition) is 3. The topological polar surface area (TPSA) is 46.0 Å². The van der Waals surface area contributed by atoms with Gasteiger partial charge in [-0.3, -0.25) is 0 Å². The fourth-order valence-corrected chi connectivity index (χ4v) is 1.29. The van der Waals surface area contributed by atoms with Crippen molar-refractivity contribution >= 4 is 11.0 Å². The number of nitrogens with zero attached hydrogens (tertiary/aromatic N) is 2. The number of pyridine rings is 2. The molecule has 6 heteroatoms. The fraction of sp³-hybridized carbons (Fsp3) is 0.200. The van der Waals surface area contributed by atoms with Crippen molar-refractivity contribution in [1.29, 1.82) is 0 Å². The molecule has 2 rings (SSSR count). The summed E-state index contributed by atoms with van der Waals surface area (Å²) in [6.45, 7) is 0. The first-order chi connectivity index (χ1) is 7.48. The summed E-state index contributed by atoms with van der Waals surface area (Å²) in [6, 6.07) is 5.92. The second kappa shape index (κ2) is 3.71. The van der Waals surface area contributed by atoms with Crippen molar-refractivity contribution in [2.24, 2.45) is 0 Å². The van der Waals surface area contributed by atoms with Crippen LogP contribution in [-0.2, 0) is 0 Å². The molecule has 0 saturated carbocycles. The number of aliphatic hydroxyl groups is 1. The van der Waals surface area contributed by atoms with Crippen molar-refractivity contribution in [1.82, 2.24) is 9.97 Å². The van der Waals surface area contributed by atoms with Gasteiger partial charge >= 0.3 is 6.18 Å². The van der Waals surface area contributed by atoms with Gasteiger partial charge in [-0.25, -0.2) is 9.97 Å². The van der Waals surface area contributed by atoms with Crippen molar-refractivity contribution in [3.8, 4) is 0 Å². The Bertz CT molecular complexity index is 513. The molecular weight excluding hydrogens is 221 g/mol. The first-order valence-corrected chi connectivity index (χ1v) is 4.45. The molecule has 0 amide bonds. The van der Waals surface area contributed by atoms with Crippen molar-refractivity contribution in [2.75, 3.05) is 0 Å². The number of aromatic nitrogens is 2. The third kappa shape index (κ3) is 1.96. The second-order valence-electron chi connectivity index (χ2n) is 3.23. The van der Waals surface area contributed by atoms with Gasteiger partial charge in [-0.1, -0.05) is 0 Å². The summed E-state index contributed by atoms with van der Waals surface area (Å²) >= 11 is 0. The molecule has 0 bridgehead atoms. The summed E-state index contributed by atoms with van der Waals surface area (Å²) in [5.74, 6) is 0. The van der Waals surface area contributed by atoms with Crippen molar-refractivity contribution in [3.05, 3.63) is 36.2 Å². The SMILES string of the molecule is OC(c1ccc2cccnc2n1)C(F)(F)F. The Morgan fingerprint density at radius 3 is 2.62 bits per heavy atom. The van der Waals surface area contributed by atoms with E-state index in [9.17, 15) is 13.2 Å². The van der Waals surface area contributed by atoms with Gasteiger partial charge in [0.25, 0.3) is 0 Å². The largest absolute Gasteiger partial charge is 0.420 e. The lowest BCUT2D eigenvalue weighted by atomic mass is 10.2. The molecule has 0 aliphatic heterocycles. The predicted octanol–water partition coefficient (Wildman–Crippen LogP) is 2.23. The van der Waals surface area contributed by atoms with E-state index in [1.54, 1.807) is 12.1 Å². The van der Waals surface area contributed by atoms with Gasteiger partial charge < -0.3 is 5.11 Å². The molecule has 0 aliphatic carbocycles. The van der Waals surface area contributed by atoms with E-state index in [4.69, 9.17) is 5.11 Å². The predicted molar refractivity (Wildman–Crippen MR) is 50.6 cm³/mol. The smallest absolute Gasteiger partial charge is 0.378 e. The molecule has 2 aromatic rings. The lowest BCUT2D eigenvalue weighted by molar-refractivity contribution is -0.207. The van der Waals surface area contributed by atoms with Crippen LogP contribution in [0.4, 0.5) is 13.2 Å². The molecule has 16 heavy (non-hydrogen) atoms. The van der Waals surface area contributed by atoms with Crippen LogP contribution in [0.1, 0.15) is 11.8 Å². The normalized spacial score (nSPS) is 14.0. The maximum atomic E-state index is 12.2. The third-order valence-corrected chi connectivity index (χ3v) is 2.08. The molecule has 0 spiro atoms. The van der Waals surface area contributed by atoms with Gasteiger partial charge in [-0.2, -0.15) is 13.2 Å². The van der Waals surface area contributed by atoms with E-state index in [1.165, 1.54) is 12.3 Å². The van der Waals surface area contributed by atoms with Crippen molar-refractivity contribution in [3.63, 3.8) is 0 Å². The molecule has 0 aromatic carbocycles. The maximum absolute atomic E-state index is 12.2. The zero-order chi connectivity index (χ0) is 11.8. The average Bonchev–Trinajstić information content (AvgIpc) is 2.26. The van der Waals surface area contributed by atoms with Crippen molar-refractivity contribution < 1.29 is 18.3 Å². The van der Waals surface area contributed by atoms with Crippen LogP contribution in [0.15, 0.2) is 30.5 Å². The minimum atomic E-state index is -4.71. The Morgan fingerprint density at radius 2 is 1.94 bits per heavy atom. The third-order valence-electron chi connectivity index (χ3n) is 2.08. The zero-order valence-electron chi connectivity index (χ0n) is 7.94. The molecule has 3 nitrogen and oxygen atoms in total. The van der Waals surface area contributed by atoms with Crippen LogP contribution in [0, 0.1) is 0 Å². The second-order valence-corrected chi connectivity index (χ2v) is 3.23. The Morgan fingerprint density at radius 1 is 1.19 bits per heavy atom. The molecule has 2 heterocycles. The number of hydrogen-bond donors (Lipinski definition) is 1. The van der Waals surface area contributed by atoms with Crippen LogP contribution in [-0.4, -0.2) is 21.3 Å². The lowest BCUT2D eigenvalue weighted by Gasteiger charge is -2.13. The summed E-state index contributed by atoms with van der Waals surface area (Å²) in [5, 5.41) is 9.63. The van der Waals surface area contributed by atoms with E-state index in [0.29, 0.717) is 5.39 Å². The van der Waals surface area contributed by atoms with Crippen LogP contribution in [0.5, 0.6) is 0 Å². The van der Waals surface area contributed by atoms with E-state index in [0.717, 1.165) is 6.07 Å². The number of halogens is 3. The van der Waals surface area contributed by atoms with Gasteiger partial charge in [-0.15, -0.1) is 0 Å². The monoisotopic (exact) mass is 228 g/mol. The number of aliphatic hydroxyl groups excluding tert-OH is 1. The van der Waals surface area contributed by atoms with Gasteiger partial charge in [0.1, 0.15) is 0 Å². The minimum absolute atomic E-state index is 0.184. The van der Waals surface area contributed by atoms with Crippen LogP contribution >= 0.6 is 0 Å². The van der Waals surface area contributed by atoms with E-state index < -0.39 is 18.0 Å². The maximum Gasteiger partial charge on any atom is 0.420 e. The van der Waals surface area contributed by atoms with Crippen LogP contribution in [0.25, 0.3) is 11.0 Å². The summed E-state index contributed by atoms with van der Waals surface area (Å²) in [4.78, 5) is 7.48. The molecular formula is C10H7F3N2O. The van der Waals surface area contributed by atoms with E-state index in [2.05, 4.69) is 9.97 Å². The molecule has 1 atom stereocenters. The Balaban J connectivity index is 2.47. The molecule has 1 unspecified atom stereocenters. The number of fused-ring (bicyclic) bond motifs is 1. The summed E-state index contributed by atoms with van der Waals surface area (Å²) in [5.41, 5.74) is -0.262. The molecule has 0 saturated heterocycles. The van der Waals surface area contributed by atoms with Gasteiger partial charge in [0.05, 0.1) is 5.69 Å². The molecule has 84 valence electrons. The highest BCUT2D eigenvalue weighted by molar-refractivity contribution is 5.74. The molecule has 0 radical (unpaired) electrons. The van der Waals surface area contributed by atoms with Crippen LogP contribution in [0.3, 0.4) is 0 Å². The Hall–Kier alpha value is -1.69. The van der Waals surface area contributed by atoms with E-state index >= 15 is 0 Å². The standard InChI is InChI=1S/C10H7F3N2O/c11-10(12,13)8(16)7-4-3-6-2-1-5-14-9(6)15-7/h1-5,8,16H.